The third-order valence-corrected chi connectivity index (χ3v) is 6.80. The molecule has 2 aliphatic rings. The van der Waals surface area contributed by atoms with E-state index in [0.29, 0.717) is 11.3 Å². The highest BCUT2D eigenvalue weighted by atomic mass is 32.2. The Morgan fingerprint density at radius 2 is 1.54 bits per heavy atom. The fourth-order valence-electron chi connectivity index (χ4n) is 4.04. The number of thiocarbonyl (C=S) groups is 1. The lowest BCUT2D eigenvalue weighted by Gasteiger charge is -2.46. The van der Waals surface area contributed by atoms with E-state index in [0.717, 1.165) is 44.4 Å². The highest BCUT2D eigenvalue weighted by molar-refractivity contribution is 8.26. The van der Waals surface area contributed by atoms with Crippen molar-refractivity contribution in [2.45, 2.75) is 58.3 Å². The Morgan fingerprint density at radius 3 is 2.13 bits per heavy atom. The van der Waals surface area contributed by atoms with E-state index in [1.165, 1.54) is 7.11 Å². The summed E-state index contributed by atoms with van der Waals surface area (Å²) in [6.07, 6.45) is -5.31. The predicted octanol–water partition coefficient (Wildman–Crippen LogP) is 1.98. The van der Waals surface area contributed by atoms with Gasteiger partial charge in [0.2, 0.25) is 0 Å². The molecule has 0 aromatic heterocycles. The summed E-state index contributed by atoms with van der Waals surface area (Å²) in [4.78, 5) is 62.6. The van der Waals surface area contributed by atoms with E-state index in [4.69, 9.17) is 40.6 Å². The van der Waals surface area contributed by atoms with Crippen LogP contribution in [0.4, 0.5) is 0 Å². The first-order valence-electron chi connectivity index (χ1n) is 11.6. The Balaban J connectivity index is 2.07. The van der Waals surface area contributed by atoms with Gasteiger partial charge in [0, 0.05) is 33.3 Å². The summed E-state index contributed by atoms with van der Waals surface area (Å²) < 4.78 is 32.8. The lowest BCUT2D eigenvalue weighted by Crippen LogP contribution is -2.66. The van der Waals surface area contributed by atoms with Crippen LogP contribution >= 0.6 is 24.0 Å². The topological polar surface area (TPSA) is 144 Å². The number of hydrogen-bond acceptors (Lipinski definition) is 13. The molecule has 2 heterocycles. The van der Waals surface area contributed by atoms with Gasteiger partial charge in [-0.15, -0.1) is 0 Å². The van der Waals surface area contributed by atoms with Crippen LogP contribution in [0.25, 0.3) is 6.08 Å². The molecular weight excluding hydrogens is 554 g/mol. The van der Waals surface area contributed by atoms with Gasteiger partial charge in [0.1, 0.15) is 18.5 Å². The molecule has 0 radical (unpaired) electrons. The molecule has 12 nitrogen and oxygen atoms in total. The second kappa shape index (κ2) is 13.0. The van der Waals surface area contributed by atoms with Crippen molar-refractivity contribution >= 4 is 64.2 Å². The van der Waals surface area contributed by atoms with Crippen LogP contribution in [0.3, 0.4) is 0 Å². The quantitative estimate of drug-likeness (QED) is 0.191. The third-order valence-electron chi connectivity index (χ3n) is 5.47. The van der Waals surface area contributed by atoms with Gasteiger partial charge in [-0.1, -0.05) is 42.2 Å². The van der Waals surface area contributed by atoms with Crippen molar-refractivity contribution in [2.75, 3.05) is 13.7 Å². The van der Waals surface area contributed by atoms with E-state index in [1.807, 2.05) is 0 Å². The number of amides is 1. The van der Waals surface area contributed by atoms with E-state index in [9.17, 15) is 24.0 Å². The average Bonchev–Trinajstić information content (AvgIpc) is 3.12. The fourth-order valence-corrected chi connectivity index (χ4v) is 5.34. The molecule has 3 rings (SSSR count). The van der Waals surface area contributed by atoms with Crippen molar-refractivity contribution in [3.63, 3.8) is 0 Å². The maximum Gasteiger partial charge on any atom is 0.303 e. The molecule has 1 aromatic carbocycles. The van der Waals surface area contributed by atoms with Crippen molar-refractivity contribution < 1.29 is 52.4 Å². The van der Waals surface area contributed by atoms with Crippen molar-refractivity contribution in [1.82, 2.24) is 4.90 Å². The second-order valence-corrected chi connectivity index (χ2v) is 10.1. The van der Waals surface area contributed by atoms with E-state index in [1.54, 1.807) is 30.3 Å². The number of carbonyl (C=O) groups excluding carboxylic acids is 5. The van der Waals surface area contributed by atoms with Crippen LogP contribution in [0.2, 0.25) is 0 Å². The standard InChI is InChI=1S/C25H27NO11S2/c1-12(27)33-11-18-20(34-13(2)28)21(35-14(3)29)22(36-15(4)30)24(37-18)26-23(31)19(39-25(26)38)10-16-8-6-7-9-17(16)32-5/h6-10,18,20-22,24H,11H2,1-5H3/b19-10+/t18-,20-,21-,22-,24+/m0/s1. The van der Waals surface area contributed by atoms with Gasteiger partial charge < -0.3 is 28.4 Å². The number of carbonyl (C=O) groups is 5. The molecule has 0 N–H and O–H groups in total. The largest absolute Gasteiger partial charge is 0.496 e. The average molecular weight is 582 g/mol. The number of methoxy groups -OCH3 is 1. The van der Waals surface area contributed by atoms with Gasteiger partial charge in [0.15, 0.2) is 28.9 Å². The smallest absolute Gasteiger partial charge is 0.303 e. The Labute approximate surface area is 233 Å². The van der Waals surface area contributed by atoms with Gasteiger partial charge in [-0.05, 0) is 12.1 Å². The molecule has 2 fully saturated rings. The molecule has 0 spiro atoms. The first-order chi connectivity index (χ1) is 18.4. The second-order valence-electron chi connectivity index (χ2n) is 8.38. The van der Waals surface area contributed by atoms with Crippen molar-refractivity contribution in [3.8, 4) is 5.75 Å². The molecule has 1 aromatic rings. The summed E-state index contributed by atoms with van der Waals surface area (Å²) in [7, 11) is 1.50. The number of hydrogen-bond donors (Lipinski definition) is 0. The summed E-state index contributed by atoms with van der Waals surface area (Å²) in [6, 6.07) is 7.03. The number of nitrogens with zero attached hydrogens (tertiary/aromatic N) is 1. The molecule has 5 atom stereocenters. The molecule has 0 aliphatic carbocycles. The predicted molar refractivity (Wildman–Crippen MR) is 140 cm³/mol. The van der Waals surface area contributed by atoms with E-state index in [-0.39, 0.29) is 9.23 Å². The Kier molecular flexibility index (Phi) is 10.1. The number of para-hydroxylation sites is 1. The first-order valence-corrected chi connectivity index (χ1v) is 12.9. The minimum absolute atomic E-state index is 0.0575. The normalized spacial score (nSPS) is 25.7. The van der Waals surface area contributed by atoms with Crippen LogP contribution in [0.1, 0.15) is 33.3 Å². The summed E-state index contributed by atoms with van der Waals surface area (Å²) >= 11 is 6.46. The summed E-state index contributed by atoms with van der Waals surface area (Å²) in [5.41, 5.74) is 0.613. The summed E-state index contributed by atoms with van der Waals surface area (Å²) in [5, 5.41) is 0. The van der Waals surface area contributed by atoms with E-state index in [2.05, 4.69) is 0 Å². The van der Waals surface area contributed by atoms with E-state index >= 15 is 0 Å². The number of ether oxygens (including phenoxy) is 6. The van der Waals surface area contributed by atoms with Gasteiger partial charge in [-0.25, -0.2) is 0 Å². The zero-order chi connectivity index (χ0) is 28.9. The number of benzene rings is 1. The molecule has 14 heteroatoms. The fraction of sp³-hybridized carbons (Fsp3) is 0.440. The molecule has 2 saturated heterocycles. The Hall–Kier alpha value is -3.49. The van der Waals surface area contributed by atoms with Crippen LogP contribution in [0.15, 0.2) is 29.2 Å². The van der Waals surface area contributed by atoms with Crippen LogP contribution in [-0.4, -0.2) is 83.4 Å². The zero-order valence-corrected chi connectivity index (χ0v) is 23.4. The molecule has 39 heavy (non-hydrogen) atoms. The SMILES string of the molecule is COc1ccccc1/C=C1/SC(=S)N([C@@H]2O[C@@H](COC(C)=O)[C@H](OC(C)=O)[C@H](OC(C)=O)[C@@H]2OC(C)=O)C1=O. The van der Waals surface area contributed by atoms with Gasteiger partial charge in [0.25, 0.3) is 5.91 Å². The van der Waals surface area contributed by atoms with Gasteiger partial charge in [-0.2, -0.15) is 0 Å². The molecule has 210 valence electrons. The molecular formula is C25H27NO11S2. The molecule has 2 aliphatic heterocycles. The number of esters is 4. The molecule has 0 unspecified atom stereocenters. The van der Waals surface area contributed by atoms with Crippen molar-refractivity contribution in [3.05, 3.63) is 34.7 Å². The maximum absolute atomic E-state index is 13.6. The molecule has 0 bridgehead atoms. The number of rotatable bonds is 8. The Morgan fingerprint density at radius 1 is 0.949 bits per heavy atom. The van der Waals surface area contributed by atoms with Crippen molar-refractivity contribution in [2.24, 2.45) is 0 Å². The lowest BCUT2D eigenvalue weighted by molar-refractivity contribution is -0.268. The molecule has 0 saturated carbocycles. The van der Waals surface area contributed by atoms with Gasteiger partial charge in [0.05, 0.1) is 12.0 Å². The monoisotopic (exact) mass is 581 g/mol. The minimum atomic E-state index is -1.46. The minimum Gasteiger partial charge on any atom is -0.496 e. The Bertz CT molecular complexity index is 1200. The van der Waals surface area contributed by atoms with Crippen LogP contribution < -0.4 is 4.74 Å². The summed E-state index contributed by atoms with van der Waals surface area (Å²) in [5.74, 6) is -3.07. The number of thioether (sulfide) groups is 1. The highest BCUT2D eigenvalue weighted by Crippen LogP contribution is 2.40. The van der Waals surface area contributed by atoms with Gasteiger partial charge >= 0.3 is 23.9 Å². The van der Waals surface area contributed by atoms with Gasteiger partial charge in [-0.3, -0.25) is 28.9 Å². The first kappa shape index (κ1) is 30.1. The van der Waals surface area contributed by atoms with E-state index < -0.39 is 67.0 Å². The summed E-state index contributed by atoms with van der Waals surface area (Å²) in [6.45, 7) is 4.07. The van der Waals surface area contributed by atoms with Crippen LogP contribution in [0, 0.1) is 0 Å². The van der Waals surface area contributed by atoms with Crippen molar-refractivity contribution in [1.29, 1.82) is 0 Å². The lowest BCUT2D eigenvalue weighted by atomic mass is 9.96. The zero-order valence-electron chi connectivity index (χ0n) is 21.7. The molecule has 1 amide bonds. The third kappa shape index (κ3) is 7.34. The highest BCUT2D eigenvalue weighted by Gasteiger charge is 2.56. The maximum atomic E-state index is 13.6. The van der Waals surface area contributed by atoms with Crippen LogP contribution in [-0.2, 0) is 47.7 Å². The van der Waals surface area contributed by atoms with Crippen LogP contribution in [0.5, 0.6) is 5.75 Å².